The molecule has 0 amide bonds. The van der Waals surface area contributed by atoms with Crippen molar-refractivity contribution in [1.82, 2.24) is 9.55 Å². The van der Waals surface area contributed by atoms with Gasteiger partial charge in [-0.2, -0.15) is 0 Å². The van der Waals surface area contributed by atoms with E-state index in [9.17, 15) is 19.0 Å². The molecule has 0 bridgehead atoms. The van der Waals surface area contributed by atoms with Gasteiger partial charge in [-0.3, -0.25) is 23.4 Å². The molecular formula is C15H25N2O9P. The molecule has 0 aromatic carbocycles. The van der Waals surface area contributed by atoms with Crippen molar-refractivity contribution in [2.24, 2.45) is 0 Å². The van der Waals surface area contributed by atoms with Crippen LogP contribution in [-0.2, 0) is 28.0 Å². The predicted octanol–water partition coefficient (Wildman–Crippen LogP) is -0.379. The molecule has 1 saturated heterocycles. The number of ether oxygens (including phenoxy) is 4. The molecule has 1 aromatic heterocycles. The number of nitrogens with one attached hydrogen (secondary N) is 1. The summed E-state index contributed by atoms with van der Waals surface area (Å²) < 4.78 is 40.0. The highest BCUT2D eigenvalue weighted by molar-refractivity contribution is 7.51. The van der Waals surface area contributed by atoms with Gasteiger partial charge in [0.05, 0.1) is 19.8 Å². The fraction of sp³-hybridized carbons (Fsp3) is 0.733. The summed E-state index contributed by atoms with van der Waals surface area (Å²) in [6, 6.07) is 0. The lowest BCUT2D eigenvalue weighted by Crippen LogP contribution is -2.41. The first-order chi connectivity index (χ1) is 12.7. The minimum Gasteiger partial charge on any atom is -0.382 e. The number of aromatic amines is 1. The first-order valence-electron chi connectivity index (χ1n) is 8.23. The molecule has 2 rings (SSSR count). The molecule has 1 aliphatic heterocycles. The molecule has 0 saturated carbocycles. The summed E-state index contributed by atoms with van der Waals surface area (Å²) in [5.74, 6) is 0. The molecule has 27 heavy (non-hydrogen) atoms. The van der Waals surface area contributed by atoms with Crippen LogP contribution in [0.4, 0.5) is 0 Å². The van der Waals surface area contributed by atoms with Crippen molar-refractivity contribution in [3.05, 3.63) is 32.6 Å². The van der Waals surface area contributed by atoms with Crippen molar-refractivity contribution >= 4 is 7.60 Å². The Labute approximate surface area is 155 Å². The van der Waals surface area contributed by atoms with Gasteiger partial charge in [0.2, 0.25) is 0 Å². The molecule has 2 N–H and O–H groups in total. The number of nitrogens with zero attached hydrogens (tertiary/aromatic N) is 1. The number of methoxy groups -OCH3 is 2. The molecule has 0 aliphatic carbocycles. The SMILES string of the molecule is COCCO[C@H]1C(OP(C)(=O)O)[C@@H](COC)O[C@H]1n1cc(C)c(=O)[nH]c1=O. The normalized spacial score (nSPS) is 27.6. The Kier molecular flexibility index (Phi) is 7.52. The van der Waals surface area contributed by atoms with Crippen LogP contribution in [0.1, 0.15) is 11.8 Å². The van der Waals surface area contributed by atoms with Crippen molar-refractivity contribution in [3.8, 4) is 0 Å². The van der Waals surface area contributed by atoms with E-state index in [1.54, 1.807) is 6.92 Å². The van der Waals surface area contributed by atoms with Crippen LogP contribution in [0.5, 0.6) is 0 Å². The molecular weight excluding hydrogens is 383 g/mol. The Bertz CT molecular complexity index is 786. The topological polar surface area (TPSA) is 138 Å². The molecule has 11 nitrogen and oxygen atoms in total. The summed E-state index contributed by atoms with van der Waals surface area (Å²) in [5, 5.41) is 0. The van der Waals surface area contributed by atoms with Crippen LogP contribution in [0, 0.1) is 6.92 Å². The Balaban J connectivity index is 2.43. The molecule has 2 unspecified atom stereocenters. The van der Waals surface area contributed by atoms with E-state index in [1.807, 2.05) is 0 Å². The maximum Gasteiger partial charge on any atom is 0.330 e. The van der Waals surface area contributed by atoms with Gasteiger partial charge in [0.15, 0.2) is 6.23 Å². The van der Waals surface area contributed by atoms with Gasteiger partial charge in [-0.15, -0.1) is 0 Å². The van der Waals surface area contributed by atoms with E-state index in [0.29, 0.717) is 5.56 Å². The van der Waals surface area contributed by atoms with E-state index in [2.05, 4.69) is 4.98 Å². The maximum atomic E-state index is 12.3. The van der Waals surface area contributed by atoms with Crippen molar-refractivity contribution in [1.29, 1.82) is 0 Å². The molecule has 5 atom stereocenters. The van der Waals surface area contributed by atoms with Gasteiger partial charge in [0.1, 0.15) is 18.3 Å². The number of aryl methyl sites for hydroxylation is 1. The van der Waals surface area contributed by atoms with Crippen LogP contribution in [0.15, 0.2) is 15.8 Å². The maximum absolute atomic E-state index is 12.3. The zero-order valence-corrected chi connectivity index (χ0v) is 16.5. The standard InChI is InChI=1S/C15H25N2O9P/c1-9-7-17(15(19)16-13(9)18)14-12(24-6-5-22-2)11(26-27(4,20)21)10(25-14)8-23-3/h7,10-12,14H,5-6,8H2,1-4H3,(H,20,21)(H,16,18,19)/t10-,11?,12+,14-/m1/s1. The van der Waals surface area contributed by atoms with E-state index in [4.69, 9.17) is 23.5 Å². The molecule has 154 valence electrons. The Hall–Kier alpha value is -1.33. The predicted molar refractivity (Wildman–Crippen MR) is 94.1 cm³/mol. The first-order valence-corrected chi connectivity index (χ1v) is 10.3. The van der Waals surface area contributed by atoms with Gasteiger partial charge in [0.25, 0.3) is 5.56 Å². The van der Waals surface area contributed by atoms with Gasteiger partial charge in [-0.25, -0.2) is 4.79 Å². The fourth-order valence-electron chi connectivity index (χ4n) is 2.80. The number of hydrogen-bond donors (Lipinski definition) is 2. The zero-order valence-electron chi connectivity index (χ0n) is 15.6. The average Bonchev–Trinajstić information content (AvgIpc) is 2.88. The third-order valence-electron chi connectivity index (χ3n) is 3.95. The molecule has 1 aliphatic rings. The Morgan fingerprint density at radius 2 is 1.96 bits per heavy atom. The molecule has 12 heteroatoms. The van der Waals surface area contributed by atoms with Crippen molar-refractivity contribution in [2.45, 2.75) is 31.5 Å². The minimum atomic E-state index is -3.89. The number of aromatic nitrogens is 2. The molecule has 2 heterocycles. The second-order valence-electron chi connectivity index (χ2n) is 6.20. The van der Waals surface area contributed by atoms with Gasteiger partial charge < -0.3 is 23.8 Å². The smallest absolute Gasteiger partial charge is 0.330 e. The summed E-state index contributed by atoms with van der Waals surface area (Å²) in [6.45, 7) is 3.03. The second kappa shape index (κ2) is 9.24. The van der Waals surface area contributed by atoms with Crippen molar-refractivity contribution in [3.63, 3.8) is 0 Å². The zero-order chi connectivity index (χ0) is 20.2. The highest BCUT2D eigenvalue weighted by Crippen LogP contribution is 2.44. The van der Waals surface area contributed by atoms with Crippen LogP contribution < -0.4 is 11.2 Å². The van der Waals surface area contributed by atoms with E-state index < -0.39 is 43.4 Å². The van der Waals surface area contributed by atoms with E-state index >= 15 is 0 Å². The van der Waals surface area contributed by atoms with E-state index in [0.717, 1.165) is 11.2 Å². The largest absolute Gasteiger partial charge is 0.382 e. The van der Waals surface area contributed by atoms with Crippen molar-refractivity contribution < 1.29 is 32.9 Å². The van der Waals surface area contributed by atoms with Crippen LogP contribution in [0.2, 0.25) is 0 Å². The first kappa shape index (κ1) is 22.0. The average molecular weight is 408 g/mol. The third-order valence-corrected chi connectivity index (χ3v) is 4.59. The lowest BCUT2D eigenvalue weighted by atomic mass is 10.1. The molecule has 1 aromatic rings. The molecule has 0 spiro atoms. The molecule has 0 radical (unpaired) electrons. The molecule has 1 fully saturated rings. The summed E-state index contributed by atoms with van der Waals surface area (Å²) in [5.41, 5.74) is -0.915. The lowest BCUT2D eigenvalue weighted by molar-refractivity contribution is -0.0827. The van der Waals surface area contributed by atoms with Crippen LogP contribution in [0.3, 0.4) is 0 Å². The summed E-state index contributed by atoms with van der Waals surface area (Å²) in [4.78, 5) is 35.8. The highest BCUT2D eigenvalue weighted by atomic mass is 31.2. The van der Waals surface area contributed by atoms with Gasteiger partial charge >= 0.3 is 13.3 Å². The minimum absolute atomic E-state index is 0.0440. The lowest BCUT2D eigenvalue weighted by Gasteiger charge is -2.26. The monoisotopic (exact) mass is 408 g/mol. The quantitative estimate of drug-likeness (QED) is 0.414. The van der Waals surface area contributed by atoms with Crippen LogP contribution >= 0.6 is 7.60 Å². The van der Waals surface area contributed by atoms with Gasteiger partial charge in [0, 0.05) is 32.6 Å². The highest BCUT2D eigenvalue weighted by Gasteiger charge is 2.49. The van der Waals surface area contributed by atoms with Crippen molar-refractivity contribution in [2.75, 3.05) is 40.7 Å². The Morgan fingerprint density at radius 3 is 2.56 bits per heavy atom. The number of H-pyrrole nitrogens is 1. The fourth-order valence-corrected chi connectivity index (χ4v) is 3.51. The van der Waals surface area contributed by atoms with Gasteiger partial charge in [-0.1, -0.05) is 0 Å². The van der Waals surface area contributed by atoms with Crippen LogP contribution in [-0.4, -0.2) is 73.5 Å². The van der Waals surface area contributed by atoms with Crippen LogP contribution in [0.25, 0.3) is 0 Å². The van der Waals surface area contributed by atoms with E-state index in [-0.39, 0.29) is 19.8 Å². The van der Waals surface area contributed by atoms with Gasteiger partial charge in [-0.05, 0) is 6.92 Å². The summed E-state index contributed by atoms with van der Waals surface area (Å²) in [6.07, 6.45) is -2.32. The second-order valence-corrected chi connectivity index (χ2v) is 8.02. The third kappa shape index (κ3) is 5.58. The summed E-state index contributed by atoms with van der Waals surface area (Å²) >= 11 is 0. The number of rotatable bonds is 9. The van der Waals surface area contributed by atoms with E-state index in [1.165, 1.54) is 20.4 Å². The Morgan fingerprint density at radius 1 is 1.26 bits per heavy atom. The number of hydrogen-bond acceptors (Lipinski definition) is 8. The summed E-state index contributed by atoms with van der Waals surface area (Å²) in [7, 11) is -0.954.